The zero-order valence-electron chi connectivity index (χ0n) is 17.3. The number of morpholine rings is 1. The molecular weight excluding hydrogens is 404 g/mol. The summed E-state index contributed by atoms with van der Waals surface area (Å²) in [7, 11) is -3.66. The van der Waals surface area contributed by atoms with Crippen molar-refractivity contribution in [2.45, 2.75) is 31.7 Å². The van der Waals surface area contributed by atoms with Crippen molar-refractivity contribution in [3.63, 3.8) is 0 Å². The summed E-state index contributed by atoms with van der Waals surface area (Å²) >= 11 is 0. The maximum absolute atomic E-state index is 12.5. The number of carbonyl (C=O) groups is 1. The van der Waals surface area contributed by atoms with E-state index < -0.39 is 10.0 Å². The van der Waals surface area contributed by atoms with Gasteiger partial charge in [0.2, 0.25) is 15.9 Å². The molecule has 0 spiro atoms. The minimum atomic E-state index is -3.66. The van der Waals surface area contributed by atoms with Crippen LogP contribution in [0.1, 0.15) is 23.1 Å². The summed E-state index contributed by atoms with van der Waals surface area (Å²) in [6.07, 6.45) is 1.79. The molecule has 0 unspecified atom stereocenters. The molecule has 1 aliphatic rings. The maximum Gasteiger partial charge on any atom is 0.240 e. The number of anilines is 1. The smallest absolute Gasteiger partial charge is 0.240 e. The molecule has 1 aliphatic heterocycles. The lowest BCUT2D eigenvalue weighted by molar-refractivity contribution is -0.121. The van der Waals surface area contributed by atoms with Crippen LogP contribution in [-0.4, -0.2) is 52.2 Å². The van der Waals surface area contributed by atoms with Crippen molar-refractivity contribution in [3.05, 3.63) is 53.2 Å². The Bertz CT molecular complexity index is 988. The van der Waals surface area contributed by atoms with Crippen molar-refractivity contribution in [1.82, 2.24) is 15.0 Å². The van der Waals surface area contributed by atoms with Crippen LogP contribution in [0.5, 0.6) is 0 Å². The Labute approximate surface area is 177 Å². The number of benzene rings is 1. The first-order valence-corrected chi connectivity index (χ1v) is 11.5. The third kappa shape index (κ3) is 5.78. The van der Waals surface area contributed by atoms with Crippen LogP contribution in [0.15, 0.2) is 41.4 Å². The molecule has 1 fully saturated rings. The van der Waals surface area contributed by atoms with Gasteiger partial charge in [0, 0.05) is 44.4 Å². The Morgan fingerprint density at radius 2 is 1.97 bits per heavy atom. The third-order valence-corrected chi connectivity index (χ3v) is 6.53. The topological polar surface area (TPSA) is 101 Å². The van der Waals surface area contributed by atoms with Crippen LogP contribution >= 0.6 is 0 Å². The zero-order valence-corrected chi connectivity index (χ0v) is 18.2. The van der Waals surface area contributed by atoms with E-state index in [0.717, 1.165) is 30.0 Å². The molecular formula is C21H28N4O4S. The van der Waals surface area contributed by atoms with Gasteiger partial charge in [-0.1, -0.05) is 18.2 Å². The van der Waals surface area contributed by atoms with Gasteiger partial charge in [-0.15, -0.1) is 0 Å². The second-order valence-electron chi connectivity index (χ2n) is 7.28. The molecule has 0 saturated carbocycles. The molecule has 1 aromatic carbocycles. The quantitative estimate of drug-likeness (QED) is 0.656. The average Bonchev–Trinajstić information content (AvgIpc) is 2.74. The molecule has 1 amide bonds. The van der Waals surface area contributed by atoms with E-state index >= 15 is 0 Å². The van der Waals surface area contributed by atoms with Gasteiger partial charge in [-0.25, -0.2) is 18.1 Å². The number of carbonyl (C=O) groups excluding carboxylic acids is 1. The van der Waals surface area contributed by atoms with Gasteiger partial charge in [0.25, 0.3) is 0 Å². The molecule has 9 heteroatoms. The number of hydrogen-bond donors (Lipinski definition) is 2. The highest BCUT2D eigenvalue weighted by molar-refractivity contribution is 7.89. The van der Waals surface area contributed by atoms with Crippen molar-refractivity contribution in [2.75, 3.05) is 37.7 Å². The van der Waals surface area contributed by atoms with Gasteiger partial charge in [0.1, 0.15) is 5.82 Å². The largest absolute Gasteiger partial charge is 0.378 e. The van der Waals surface area contributed by atoms with E-state index in [1.165, 1.54) is 0 Å². The summed E-state index contributed by atoms with van der Waals surface area (Å²) in [5.74, 6) is 0.618. The monoisotopic (exact) mass is 432 g/mol. The average molecular weight is 433 g/mol. The highest BCUT2D eigenvalue weighted by Gasteiger charge is 2.18. The van der Waals surface area contributed by atoms with Gasteiger partial charge < -0.3 is 15.0 Å². The molecule has 0 bridgehead atoms. The molecule has 3 rings (SSSR count). The van der Waals surface area contributed by atoms with Gasteiger partial charge in [0.15, 0.2) is 0 Å². The summed E-state index contributed by atoms with van der Waals surface area (Å²) in [6.45, 7) is 6.80. The van der Waals surface area contributed by atoms with Crippen LogP contribution in [0.4, 0.5) is 5.82 Å². The van der Waals surface area contributed by atoms with Crippen molar-refractivity contribution in [3.8, 4) is 0 Å². The lowest BCUT2D eigenvalue weighted by Gasteiger charge is -2.29. The molecule has 0 atom stereocenters. The molecule has 8 nitrogen and oxygen atoms in total. The maximum atomic E-state index is 12.5. The van der Waals surface area contributed by atoms with Crippen molar-refractivity contribution in [1.29, 1.82) is 0 Å². The summed E-state index contributed by atoms with van der Waals surface area (Å²) in [4.78, 5) is 19.1. The van der Waals surface area contributed by atoms with Gasteiger partial charge in [-0.05, 0) is 37.1 Å². The van der Waals surface area contributed by atoms with Gasteiger partial charge >= 0.3 is 0 Å². The van der Waals surface area contributed by atoms with E-state index in [4.69, 9.17) is 4.74 Å². The highest BCUT2D eigenvalue weighted by atomic mass is 32.2. The minimum absolute atomic E-state index is 0.0326. The second-order valence-corrected chi connectivity index (χ2v) is 9.01. The predicted molar refractivity (Wildman–Crippen MR) is 115 cm³/mol. The fourth-order valence-electron chi connectivity index (χ4n) is 3.28. The molecule has 2 N–H and O–H groups in total. The first-order valence-electron chi connectivity index (χ1n) is 9.97. The number of nitrogens with one attached hydrogen (secondary N) is 2. The Balaban J connectivity index is 1.52. The Kier molecular flexibility index (Phi) is 7.41. The zero-order chi connectivity index (χ0) is 21.6. The number of amides is 1. The fraction of sp³-hybridized carbons (Fsp3) is 0.429. The first kappa shape index (κ1) is 22.2. The summed E-state index contributed by atoms with van der Waals surface area (Å²) in [5, 5.41) is 2.85. The van der Waals surface area contributed by atoms with E-state index in [0.29, 0.717) is 25.3 Å². The highest BCUT2D eigenvalue weighted by Crippen LogP contribution is 2.18. The van der Waals surface area contributed by atoms with E-state index in [9.17, 15) is 13.2 Å². The van der Waals surface area contributed by atoms with Gasteiger partial charge in [-0.2, -0.15) is 0 Å². The van der Waals surface area contributed by atoms with Crippen LogP contribution in [0.2, 0.25) is 0 Å². The van der Waals surface area contributed by atoms with Crippen LogP contribution < -0.4 is 14.9 Å². The SMILES string of the molecule is Cc1ccc(C)c(S(=O)(=O)NCCC(=O)NCc2cccnc2N2CCOCC2)c1. The summed E-state index contributed by atoms with van der Waals surface area (Å²) in [5.41, 5.74) is 2.46. The minimum Gasteiger partial charge on any atom is -0.378 e. The molecule has 0 radical (unpaired) electrons. The first-order chi connectivity index (χ1) is 14.4. The molecule has 1 aromatic heterocycles. The summed E-state index contributed by atoms with van der Waals surface area (Å²) in [6, 6.07) is 9.04. The van der Waals surface area contributed by atoms with Crippen LogP contribution in [0.3, 0.4) is 0 Å². The van der Waals surface area contributed by atoms with Crippen molar-refractivity contribution >= 4 is 21.7 Å². The molecule has 162 valence electrons. The number of aromatic nitrogens is 1. The predicted octanol–water partition coefficient (Wildman–Crippen LogP) is 1.52. The van der Waals surface area contributed by atoms with Crippen LogP contribution in [0.25, 0.3) is 0 Å². The Hall–Kier alpha value is -2.49. The Morgan fingerprint density at radius 3 is 2.73 bits per heavy atom. The van der Waals surface area contributed by atoms with Crippen LogP contribution in [0, 0.1) is 13.8 Å². The van der Waals surface area contributed by atoms with Gasteiger partial charge in [0.05, 0.1) is 18.1 Å². The molecule has 0 aliphatic carbocycles. The standard InChI is InChI=1S/C21H28N4O4S/c1-16-5-6-17(2)19(14-16)30(27,28)24-9-7-20(26)23-15-18-4-3-8-22-21(18)25-10-12-29-13-11-25/h3-6,8,14,24H,7,9-13,15H2,1-2H3,(H,23,26). The number of nitrogens with zero attached hydrogens (tertiary/aromatic N) is 2. The van der Waals surface area contributed by atoms with E-state index in [1.807, 2.05) is 25.1 Å². The number of pyridine rings is 1. The normalized spacial score (nSPS) is 14.5. The number of aryl methyl sites for hydroxylation is 2. The third-order valence-electron chi connectivity index (χ3n) is 4.93. The fourth-order valence-corrected chi connectivity index (χ4v) is 4.64. The van der Waals surface area contributed by atoms with E-state index in [1.54, 1.807) is 25.3 Å². The molecule has 1 saturated heterocycles. The lowest BCUT2D eigenvalue weighted by Crippen LogP contribution is -2.38. The molecule has 2 aromatic rings. The number of rotatable bonds is 8. The number of ether oxygens (including phenoxy) is 1. The second kappa shape index (κ2) is 10.0. The number of sulfonamides is 1. The van der Waals surface area contributed by atoms with Crippen LogP contribution in [-0.2, 0) is 26.1 Å². The summed E-state index contributed by atoms with van der Waals surface area (Å²) < 4.78 is 32.9. The Morgan fingerprint density at radius 1 is 1.20 bits per heavy atom. The molecule has 30 heavy (non-hydrogen) atoms. The molecule has 2 heterocycles. The lowest BCUT2D eigenvalue weighted by atomic mass is 10.2. The van der Waals surface area contributed by atoms with Crippen molar-refractivity contribution < 1.29 is 17.9 Å². The van der Waals surface area contributed by atoms with Gasteiger partial charge in [-0.3, -0.25) is 4.79 Å². The number of hydrogen-bond acceptors (Lipinski definition) is 6. The van der Waals surface area contributed by atoms with Crippen molar-refractivity contribution in [2.24, 2.45) is 0 Å². The van der Waals surface area contributed by atoms with E-state index in [-0.39, 0.29) is 23.8 Å². The van der Waals surface area contributed by atoms with E-state index in [2.05, 4.69) is 19.9 Å².